The zero-order valence-electron chi connectivity index (χ0n) is 10.3. The van der Waals surface area contributed by atoms with Crippen LogP contribution < -0.4 is 5.32 Å². The van der Waals surface area contributed by atoms with Crippen LogP contribution >= 0.6 is 11.6 Å². The van der Waals surface area contributed by atoms with Crippen molar-refractivity contribution >= 4 is 29.4 Å². The Balaban J connectivity index is 2.64. The van der Waals surface area contributed by atoms with E-state index in [1.165, 1.54) is 13.0 Å². The molecule has 0 fully saturated rings. The van der Waals surface area contributed by atoms with Gasteiger partial charge in [-0.25, -0.2) is 0 Å². The number of hydrogen-bond donors (Lipinski definition) is 1. The van der Waals surface area contributed by atoms with Crippen molar-refractivity contribution in [3.8, 4) is 0 Å². The maximum atomic E-state index is 11.0. The number of alkyl halides is 1. The number of benzene rings is 1. The van der Waals surface area contributed by atoms with Gasteiger partial charge in [-0.05, 0) is 30.5 Å². The molecule has 0 aliphatic rings. The first kappa shape index (κ1) is 14.5. The van der Waals surface area contributed by atoms with Gasteiger partial charge < -0.3 is 5.32 Å². The van der Waals surface area contributed by atoms with Gasteiger partial charge in [0.15, 0.2) is 5.78 Å². The van der Waals surface area contributed by atoms with Crippen LogP contribution in [0.15, 0.2) is 30.3 Å². The summed E-state index contributed by atoms with van der Waals surface area (Å²) in [6.45, 7) is 2.05. The molecule has 0 aliphatic carbocycles. The molecule has 1 N–H and O–H groups in total. The van der Waals surface area contributed by atoms with Crippen LogP contribution in [-0.4, -0.2) is 24.1 Å². The van der Waals surface area contributed by atoms with Crippen LogP contribution in [0.3, 0.4) is 0 Å². The molecule has 0 heterocycles. The number of amides is 1. The molecule has 0 unspecified atom stereocenters. The van der Waals surface area contributed by atoms with E-state index in [2.05, 4.69) is 5.32 Å². The molecule has 0 aromatic heterocycles. The van der Waals surface area contributed by atoms with Crippen molar-refractivity contribution in [2.45, 2.75) is 13.3 Å². The molecule has 1 amide bonds. The number of hydrogen-bond acceptors (Lipinski definition) is 2. The number of carbonyl (C=O) groups excluding carboxylic acids is 2. The van der Waals surface area contributed by atoms with Gasteiger partial charge in [0.1, 0.15) is 5.88 Å². The number of rotatable bonds is 6. The lowest BCUT2D eigenvalue weighted by molar-refractivity contribution is -0.118. The van der Waals surface area contributed by atoms with Gasteiger partial charge in [0, 0.05) is 6.54 Å². The van der Waals surface area contributed by atoms with Gasteiger partial charge in [0.25, 0.3) is 0 Å². The first-order chi connectivity index (χ1) is 8.63. The fourth-order valence-electron chi connectivity index (χ4n) is 1.52. The van der Waals surface area contributed by atoms with Crippen LogP contribution in [-0.2, 0) is 16.0 Å². The summed E-state index contributed by atoms with van der Waals surface area (Å²) in [6.07, 6.45) is 4.04. The molecule has 1 aromatic carbocycles. The fourth-order valence-corrected chi connectivity index (χ4v) is 1.61. The van der Waals surface area contributed by atoms with E-state index >= 15 is 0 Å². The molecule has 0 bridgehead atoms. The van der Waals surface area contributed by atoms with Gasteiger partial charge in [-0.3, -0.25) is 9.59 Å². The zero-order chi connectivity index (χ0) is 13.4. The molecule has 3 nitrogen and oxygen atoms in total. The maximum absolute atomic E-state index is 11.0. The average molecular weight is 266 g/mol. The van der Waals surface area contributed by atoms with Gasteiger partial charge in [0.2, 0.25) is 5.91 Å². The topological polar surface area (TPSA) is 46.2 Å². The smallest absolute Gasteiger partial charge is 0.234 e. The molecule has 0 spiro atoms. The minimum absolute atomic E-state index is 0.0141. The van der Waals surface area contributed by atoms with Crippen molar-refractivity contribution in [1.82, 2.24) is 5.32 Å². The average Bonchev–Trinajstić information content (AvgIpc) is 2.37. The molecular weight excluding hydrogens is 250 g/mol. The fraction of sp³-hybridized carbons (Fsp3) is 0.286. The summed E-state index contributed by atoms with van der Waals surface area (Å²) in [5, 5.41) is 2.71. The predicted molar refractivity (Wildman–Crippen MR) is 73.6 cm³/mol. The van der Waals surface area contributed by atoms with Crippen molar-refractivity contribution in [2.24, 2.45) is 0 Å². The quantitative estimate of drug-likeness (QED) is 0.633. The van der Waals surface area contributed by atoms with Gasteiger partial charge in [-0.15, -0.1) is 11.6 Å². The second-order valence-electron chi connectivity index (χ2n) is 3.88. The molecule has 0 radical (unpaired) electrons. The normalized spacial score (nSPS) is 10.6. The van der Waals surface area contributed by atoms with Crippen LogP contribution in [0.25, 0.3) is 6.08 Å². The summed E-state index contributed by atoms with van der Waals surface area (Å²) in [5.41, 5.74) is 2.08. The third-order valence-electron chi connectivity index (χ3n) is 2.39. The molecule has 0 atom stereocenters. The van der Waals surface area contributed by atoms with E-state index in [9.17, 15) is 9.59 Å². The largest absolute Gasteiger partial charge is 0.355 e. The zero-order valence-corrected chi connectivity index (χ0v) is 11.0. The monoisotopic (exact) mass is 265 g/mol. The summed E-state index contributed by atoms with van der Waals surface area (Å²) in [7, 11) is 0. The second kappa shape index (κ2) is 7.67. The highest BCUT2D eigenvalue weighted by atomic mass is 35.5. The third kappa shape index (κ3) is 5.15. The van der Waals surface area contributed by atoms with Gasteiger partial charge in [-0.2, -0.15) is 0 Å². The lowest BCUT2D eigenvalue weighted by Crippen LogP contribution is -2.26. The van der Waals surface area contributed by atoms with Gasteiger partial charge >= 0.3 is 0 Å². The second-order valence-corrected chi connectivity index (χ2v) is 4.14. The summed E-state index contributed by atoms with van der Waals surface area (Å²) in [4.78, 5) is 21.9. The molecule has 18 heavy (non-hydrogen) atoms. The summed E-state index contributed by atoms with van der Waals surface area (Å²) in [6, 6.07) is 7.77. The number of nitrogens with one attached hydrogen (secondary N) is 1. The molecule has 0 aliphatic heterocycles. The maximum Gasteiger partial charge on any atom is 0.234 e. The van der Waals surface area contributed by atoms with E-state index in [0.717, 1.165) is 11.1 Å². The van der Waals surface area contributed by atoms with Crippen molar-refractivity contribution in [1.29, 1.82) is 0 Å². The van der Waals surface area contributed by atoms with E-state index in [4.69, 9.17) is 11.6 Å². The Morgan fingerprint density at radius 1 is 1.33 bits per heavy atom. The van der Waals surface area contributed by atoms with Crippen molar-refractivity contribution in [3.05, 3.63) is 41.5 Å². The lowest BCUT2D eigenvalue weighted by atomic mass is 10.0. The van der Waals surface area contributed by atoms with E-state index in [-0.39, 0.29) is 17.6 Å². The SMILES string of the molecule is CC(=O)/C=C/c1ccccc1CCNC(=O)CCl. The number of ketones is 1. The van der Waals surface area contributed by atoms with Crippen LogP contribution in [0.1, 0.15) is 18.1 Å². The van der Waals surface area contributed by atoms with Crippen LogP contribution in [0.4, 0.5) is 0 Å². The van der Waals surface area contributed by atoms with E-state index in [1.54, 1.807) is 6.08 Å². The summed E-state index contributed by atoms with van der Waals surface area (Å²) < 4.78 is 0. The Kier molecular flexibility index (Phi) is 6.15. The Morgan fingerprint density at radius 3 is 2.72 bits per heavy atom. The molecule has 4 heteroatoms. The van der Waals surface area contributed by atoms with Gasteiger partial charge in [-0.1, -0.05) is 30.3 Å². The molecule has 1 rings (SSSR count). The minimum atomic E-state index is -0.173. The summed E-state index contributed by atoms with van der Waals surface area (Å²) >= 11 is 5.39. The summed E-state index contributed by atoms with van der Waals surface area (Å²) in [5.74, 6) is -0.181. The highest BCUT2D eigenvalue weighted by molar-refractivity contribution is 6.27. The highest BCUT2D eigenvalue weighted by Crippen LogP contribution is 2.11. The van der Waals surface area contributed by atoms with E-state index in [1.807, 2.05) is 24.3 Å². The Bertz CT molecular complexity index is 455. The van der Waals surface area contributed by atoms with Crippen LogP contribution in [0.2, 0.25) is 0 Å². The predicted octanol–water partition coefficient (Wildman–Crippen LogP) is 2.19. The number of allylic oxidation sites excluding steroid dienone is 1. The standard InChI is InChI=1S/C14H16ClNO2/c1-11(17)6-7-12-4-2-3-5-13(12)8-9-16-14(18)10-15/h2-7H,8-10H2,1H3,(H,16,18)/b7-6+. The first-order valence-corrected chi connectivity index (χ1v) is 6.26. The van der Waals surface area contributed by atoms with Crippen molar-refractivity contribution < 1.29 is 9.59 Å². The number of halogens is 1. The third-order valence-corrected chi connectivity index (χ3v) is 2.63. The van der Waals surface area contributed by atoms with Gasteiger partial charge in [0.05, 0.1) is 0 Å². The van der Waals surface area contributed by atoms with E-state index < -0.39 is 0 Å². The Labute approximate surface area is 112 Å². The lowest BCUT2D eigenvalue weighted by Gasteiger charge is -2.06. The molecular formula is C14H16ClNO2. The molecule has 96 valence electrons. The van der Waals surface area contributed by atoms with Crippen LogP contribution in [0.5, 0.6) is 0 Å². The van der Waals surface area contributed by atoms with Crippen molar-refractivity contribution in [2.75, 3.05) is 12.4 Å². The first-order valence-electron chi connectivity index (χ1n) is 5.72. The van der Waals surface area contributed by atoms with Crippen molar-refractivity contribution in [3.63, 3.8) is 0 Å². The molecule has 1 aromatic rings. The number of carbonyl (C=O) groups is 2. The van der Waals surface area contributed by atoms with E-state index in [0.29, 0.717) is 13.0 Å². The highest BCUT2D eigenvalue weighted by Gasteiger charge is 2.01. The minimum Gasteiger partial charge on any atom is -0.355 e. The van der Waals surface area contributed by atoms with Crippen LogP contribution in [0, 0.1) is 0 Å². The Hall–Kier alpha value is -1.61. The molecule has 0 saturated carbocycles. The Morgan fingerprint density at radius 2 is 2.06 bits per heavy atom. The molecule has 0 saturated heterocycles.